The second-order valence-corrected chi connectivity index (χ2v) is 6.09. The number of anilines is 1. The third kappa shape index (κ3) is 3.61. The maximum atomic E-state index is 12.8. The minimum Gasteiger partial charge on any atom is -0.497 e. The van der Waals surface area contributed by atoms with Crippen molar-refractivity contribution in [1.29, 1.82) is 0 Å². The zero-order chi connectivity index (χ0) is 19.3. The number of methoxy groups -OCH3 is 1. The fourth-order valence-corrected chi connectivity index (χ4v) is 2.87. The Morgan fingerprint density at radius 2 is 1.86 bits per heavy atom. The average molecular weight is 370 g/mol. The summed E-state index contributed by atoms with van der Waals surface area (Å²) in [4.78, 5) is 17.0. The van der Waals surface area contributed by atoms with Gasteiger partial charge in [-0.15, -0.1) is 0 Å². The van der Waals surface area contributed by atoms with Crippen LogP contribution in [0.5, 0.6) is 5.75 Å². The van der Waals surface area contributed by atoms with Crippen molar-refractivity contribution >= 4 is 11.6 Å². The highest BCUT2D eigenvalue weighted by Crippen LogP contribution is 2.24. The van der Waals surface area contributed by atoms with E-state index in [1.165, 1.54) is 0 Å². The predicted octanol–water partition coefficient (Wildman–Crippen LogP) is 4.20. The van der Waals surface area contributed by atoms with Crippen LogP contribution in [0, 0.1) is 0 Å². The Kier molecular flexibility index (Phi) is 4.84. The first-order valence-electron chi connectivity index (χ1n) is 8.76. The first kappa shape index (κ1) is 17.5. The molecule has 0 aliphatic carbocycles. The summed E-state index contributed by atoms with van der Waals surface area (Å²) in [6.45, 7) is 0. The molecule has 0 spiro atoms. The lowest BCUT2D eigenvalue weighted by Crippen LogP contribution is -2.13. The molecule has 0 saturated heterocycles. The molecule has 0 unspecified atom stereocenters. The Labute approximate surface area is 162 Å². The lowest BCUT2D eigenvalue weighted by molar-refractivity contribution is 0.102. The Balaban J connectivity index is 1.71. The van der Waals surface area contributed by atoms with Crippen LogP contribution in [0.2, 0.25) is 0 Å². The molecular formula is C22H18N4O2. The van der Waals surface area contributed by atoms with Crippen molar-refractivity contribution in [2.24, 2.45) is 0 Å². The summed E-state index contributed by atoms with van der Waals surface area (Å²) in [5.74, 6) is 0.372. The van der Waals surface area contributed by atoms with Crippen LogP contribution in [-0.2, 0) is 0 Å². The molecule has 1 N–H and O–H groups in total. The molecule has 2 heterocycles. The van der Waals surface area contributed by atoms with Gasteiger partial charge in [-0.3, -0.25) is 9.78 Å². The smallest absolute Gasteiger partial charge is 0.276 e. The molecule has 4 rings (SSSR count). The number of nitrogens with one attached hydrogen (secondary N) is 1. The van der Waals surface area contributed by atoms with Crippen molar-refractivity contribution in [3.8, 4) is 22.7 Å². The first-order valence-corrected chi connectivity index (χ1v) is 8.76. The maximum Gasteiger partial charge on any atom is 0.276 e. The Bertz CT molecular complexity index is 1030. The molecule has 6 heteroatoms. The van der Waals surface area contributed by atoms with E-state index in [1.54, 1.807) is 42.4 Å². The number of nitrogens with zero attached hydrogens (tertiary/aromatic N) is 3. The van der Waals surface area contributed by atoms with Crippen molar-refractivity contribution in [2.45, 2.75) is 0 Å². The largest absolute Gasteiger partial charge is 0.497 e. The molecule has 0 bridgehead atoms. The lowest BCUT2D eigenvalue weighted by atomic mass is 10.2. The number of pyridine rings is 1. The molecule has 138 valence electrons. The molecule has 0 aliphatic rings. The van der Waals surface area contributed by atoms with Gasteiger partial charge in [0.25, 0.3) is 5.91 Å². The van der Waals surface area contributed by atoms with E-state index in [0.29, 0.717) is 17.1 Å². The number of hydrogen-bond acceptors (Lipinski definition) is 4. The minimum atomic E-state index is -0.298. The molecule has 0 saturated carbocycles. The molecule has 2 aromatic heterocycles. The zero-order valence-corrected chi connectivity index (χ0v) is 15.2. The summed E-state index contributed by atoms with van der Waals surface area (Å²) < 4.78 is 6.95. The van der Waals surface area contributed by atoms with Crippen LogP contribution >= 0.6 is 0 Å². The van der Waals surface area contributed by atoms with E-state index >= 15 is 0 Å². The Hall–Kier alpha value is -3.93. The van der Waals surface area contributed by atoms with Crippen LogP contribution in [0.15, 0.2) is 85.2 Å². The molecule has 28 heavy (non-hydrogen) atoms. The van der Waals surface area contributed by atoms with Gasteiger partial charge in [0.15, 0.2) is 5.69 Å². The molecule has 0 radical (unpaired) electrons. The molecule has 4 aromatic rings. The fourth-order valence-electron chi connectivity index (χ4n) is 2.87. The van der Waals surface area contributed by atoms with Gasteiger partial charge >= 0.3 is 0 Å². The van der Waals surface area contributed by atoms with E-state index in [-0.39, 0.29) is 5.91 Å². The highest BCUT2D eigenvalue weighted by Gasteiger charge is 2.17. The van der Waals surface area contributed by atoms with Gasteiger partial charge in [-0.05, 0) is 42.5 Å². The van der Waals surface area contributed by atoms with Gasteiger partial charge in [-0.2, -0.15) is 5.10 Å². The van der Waals surface area contributed by atoms with Crippen LogP contribution < -0.4 is 10.1 Å². The standard InChI is InChI=1S/C22H18N4O2/c1-28-19-11-5-8-17(13-19)24-22(27)20-14-21(16-7-6-12-23-15-16)26(25-20)18-9-3-2-4-10-18/h2-15H,1H3,(H,24,27). The predicted molar refractivity (Wildman–Crippen MR) is 108 cm³/mol. The van der Waals surface area contributed by atoms with Gasteiger partial charge in [-0.1, -0.05) is 24.3 Å². The molecule has 2 aromatic carbocycles. The van der Waals surface area contributed by atoms with Crippen LogP contribution in [0.3, 0.4) is 0 Å². The van der Waals surface area contributed by atoms with Gasteiger partial charge in [0.2, 0.25) is 0 Å². The van der Waals surface area contributed by atoms with Gasteiger partial charge < -0.3 is 10.1 Å². The van der Waals surface area contributed by atoms with Crippen LogP contribution in [0.4, 0.5) is 5.69 Å². The summed E-state index contributed by atoms with van der Waals surface area (Å²) in [6.07, 6.45) is 3.46. The van der Waals surface area contributed by atoms with Gasteiger partial charge in [0, 0.05) is 29.7 Å². The molecular weight excluding hydrogens is 352 g/mol. The van der Waals surface area contributed by atoms with Gasteiger partial charge in [-0.25, -0.2) is 4.68 Å². The van der Waals surface area contributed by atoms with Gasteiger partial charge in [0.05, 0.1) is 18.5 Å². The monoisotopic (exact) mass is 370 g/mol. The van der Waals surface area contributed by atoms with Crippen LogP contribution in [0.25, 0.3) is 16.9 Å². The van der Waals surface area contributed by atoms with Crippen LogP contribution in [-0.4, -0.2) is 27.8 Å². The number of carbonyl (C=O) groups is 1. The highest BCUT2D eigenvalue weighted by atomic mass is 16.5. The average Bonchev–Trinajstić information content (AvgIpc) is 3.21. The topological polar surface area (TPSA) is 69.0 Å². The third-order valence-corrected chi connectivity index (χ3v) is 4.23. The minimum absolute atomic E-state index is 0.298. The van der Waals surface area contributed by atoms with E-state index in [4.69, 9.17) is 4.74 Å². The number of carbonyl (C=O) groups excluding carboxylic acids is 1. The summed E-state index contributed by atoms with van der Waals surface area (Å²) in [5.41, 5.74) is 3.48. The summed E-state index contributed by atoms with van der Waals surface area (Å²) in [7, 11) is 1.59. The van der Waals surface area contributed by atoms with E-state index in [9.17, 15) is 4.79 Å². The number of rotatable bonds is 5. The molecule has 6 nitrogen and oxygen atoms in total. The molecule has 0 aliphatic heterocycles. The van der Waals surface area contributed by atoms with Crippen molar-refractivity contribution in [3.63, 3.8) is 0 Å². The normalized spacial score (nSPS) is 10.5. The highest BCUT2D eigenvalue weighted by molar-refractivity contribution is 6.03. The second-order valence-electron chi connectivity index (χ2n) is 6.09. The Morgan fingerprint density at radius 1 is 1.00 bits per heavy atom. The summed E-state index contributed by atoms with van der Waals surface area (Å²) in [5, 5.41) is 7.41. The number of benzene rings is 2. The van der Waals surface area contributed by atoms with E-state index in [1.807, 2.05) is 54.6 Å². The SMILES string of the molecule is COc1cccc(NC(=O)c2cc(-c3cccnc3)n(-c3ccccc3)n2)c1. The van der Waals surface area contributed by atoms with Crippen molar-refractivity contribution in [2.75, 3.05) is 12.4 Å². The second kappa shape index (κ2) is 7.75. The first-order chi connectivity index (χ1) is 13.7. The quantitative estimate of drug-likeness (QED) is 0.572. The maximum absolute atomic E-state index is 12.8. The van der Waals surface area contributed by atoms with E-state index < -0.39 is 0 Å². The zero-order valence-electron chi connectivity index (χ0n) is 15.2. The van der Waals surface area contributed by atoms with Crippen molar-refractivity contribution in [3.05, 3.63) is 90.9 Å². The summed E-state index contributed by atoms with van der Waals surface area (Å²) >= 11 is 0. The number of para-hydroxylation sites is 1. The summed E-state index contributed by atoms with van der Waals surface area (Å²) in [6, 6.07) is 22.4. The fraction of sp³-hybridized carbons (Fsp3) is 0.0455. The van der Waals surface area contributed by atoms with Crippen LogP contribution in [0.1, 0.15) is 10.5 Å². The van der Waals surface area contributed by atoms with Crippen molar-refractivity contribution < 1.29 is 9.53 Å². The number of aromatic nitrogens is 3. The van der Waals surface area contributed by atoms with Crippen molar-refractivity contribution in [1.82, 2.24) is 14.8 Å². The third-order valence-electron chi connectivity index (χ3n) is 4.23. The van der Waals surface area contributed by atoms with E-state index in [2.05, 4.69) is 15.4 Å². The number of ether oxygens (including phenoxy) is 1. The Morgan fingerprint density at radius 3 is 2.61 bits per heavy atom. The molecule has 1 amide bonds. The van der Waals surface area contributed by atoms with Gasteiger partial charge in [0.1, 0.15) is 5.75 Å². The number of hydrogen-bond donors (Lipinski definition) is 1. The van der Waals surface area contributed by atoms with E-state index in [0.717, 1.165) is 16.9 Å². The number of amides is 1. The molecule has 0 atom stereocenters. The molecule has 0 fully saturated rings. The lowest BCUT2D eigenvalue weighted by Gasteiger charge is -2.07.